The molecule has 0 aliphatic heterocycles. The smallest absolute Gasteiger partial charge is 0.248 e. The van der Waals surface area contributed by atoms with Crippen LogP contribution in [0.1, 0.15) is 54.4 Å². The topological polar surface area (TPSA) is 159 Å². The molecule has 6 N–H and O–H groups in total. The summed E-state index contributed by atoms with van der Waals surface area (Å²) in [6, 6.07) is -4.90. The third kappa shape index (κ3) is 12.3. The molecule has 0 bridgehead atoms. The molecule has 35 heavy (non-hydrogen) atoms. The van der Waals surface area contributed by atoms with Crippen LogP contribution in [0.2, 0.25) is 0 Å². The second kappa shape index (κ2) is 15.6. The highest BCUT2D eigenvalue weighted by molar-refractivity contribution is 7.96. The Labute approximate surface area is 218 Å². The number of carbonyl (C=O) groups is 5. The van der Waals surface area contributed by atoms with Crippen molar-refractivity contribution >= 4 is 59.0 Å². The number of thiol groups is 1. The molecule has 4 amide bonds. The molecule has 5 unspecified atom stereocenters. The lowest BCUT2D eigenvalue weighted by Gasteiger charge is -2.27. The summed E-state index contributed by atoms with van der Waals surface area (Å²) >= 11 is 8.70. The molecule has 12 heteroatoms. The van der Waals surface area contributed by atoms with Crippen LogP contribution < -0.4 is 27.0 Å². The van der Waals surface area contributed by atoms with Crippen LogP contribution >= 0.6 is 24.8 Å². The monoisotopic (exact) mass is 529 g/mol. The molecule has 0 aliphatic carbocycles. The van der Waals surface area contributed by atoms with Crippen molar-refractivity contribution in [3.05, 3.63) is 12.2 Å². The van der Waals surface area contributed by atoms with Gasteiger partial charge in [-0.15, -0.1) is 19.2 Å². The van der Waals surface area contributed by atoms with E-state index >= 15 is 0 Å². The minimum absolute atomic E-state index is 0.124. The summed E-state index contributed by atoms with van der Waals surface area (Å²) in [6.45, 7) is 14.2. The zero-order chi connectivity index (χ0) is 27.5. The summed E-state index contributed by atoms with van der Waals surface area (Å²) in [5.41, 5.74) is 6.14. The fraction of sp³-hybridized carbons (Fsp3) is 0.652. The molecule has 5 atom stereocenters. The molecule has 0 fully saturated rings. The van der Waals surface area contributed by atoms with Gasteiger partial charge in [-0.1, -0.05) is 45.5 Å². The Morgan fingerprint density at radius 2 is 1.43 bits per heavy atom. The van der Waals surface area contributed by atoms with Crippen molar-refractivity contribution in [2.24, 2.45) is 17.6 Å². The van der Waals surface area contributed by atoms with Crippen LogP contribution in [0.3, 0.4) is 0 Å². The van der Waals surface area contributed by atoms with Crippen LogP contribution in [-0.2, 0) is 24.0 Å². The molecule has 0 aliphatic rings. The first-order valence-electron chi connectivity index (χ1n) is 11.4. The van der Waals surface area contributed by atoms with Crippen molar-refractivity contribution in [3.63, 3.8) is 0 Å². The summed E-state index contributed by atoms with van der Waals surface area (Å²) in [5, 5.41) is 10.8. The van der Waals surface area contributed by atoms with Crippen LogP contribution in [0.15, 0.2) is 12.2 Å². The first-order chi connectivity index (χ1) is 16.1. The van der Waals surface area contributed by atoms with Gasteiger partial charge in [0.2, 0.25) is 28.7 Å². The summed E-state index contributed by atoms with van der Waals surface area (Å²) in [4.78, 5) is 62.4. The first-order valence-corrected chi connectivity index (χ1v) is 12.3. The third-order valence-corrected chi connectivity index (χ3v) is 5.47. The summed E-state index contributed by atoms with van der Waals surface area (Å²) in [7, 11) is 0. The molecule has 0 saturated heterocycles. The molecule has 0 spiro atoms. The van der Waals surface area contributed by atoms with Crippen LogP contribution in [-0.4, -0.2) is 64.3 Å². The van der Waals surface area contributed by atoms with E-state index in [1.54, 1.807) is 20.8 Å². The molecule has 10 nitrogen and oxygen atoms in total. The zero-order valence-corrected chi connectivity index (χ0v) is 22.9. The van der Waals surface area contributed by atoms with Crippen molar-refractivity contribution in [1.29, 1.82) is 0 Å². The number of carbonyl (C=O) groups excluding carboxylic acids is 5. The van der Waals surface area contributed by atoms with E-state index in [9.17, 15) is 24.0 Å². The van der Waals surface area contributed by atoms with Crippen molar-refractivity contribution < 1.29 is 24.0 Å². The maximum absolute atomic E-state index is 13.1. The summed E-state index contributed by atoms with van der Waals surface area (Å²) < 4.78 is 0. The van der Waals surface area contributed by atoms with Crippen molar-refractivity contribution in [2.75, 3.05) is 0 Å². The number of rotatable bonds is 15. The lowest BCUT2D eigenvalue weighted by Crippen LogP contribution is -2.59. The number of nitrogens with two attached hydrogens (primary N) is 1. The Hall–Kier alpha value is -2.31. The molecule has 0 aromatic rings. The molecular weight excluding hydrogens is 490 g/mol. The molecular formula is C23H39N5O5S2. The number of amides is 4. The Bertz CT molecular complexity index is 816. The Kier molecular flexibility index (Phi) is 14.6. The van der Waals surface area contributed by atoms with Gasteiger partial charge in [0.1, 0.15) is 18.1 Å². The van der Waals surface area contributed by atoms with Gasteiger partial charge in [0.05, 0.1) is 12.1 Å². The maximum Gasteiger partial charge on any atom is 0.248 e. The zero-order valence-electron chi connectivity index (χ0n) is 21.2. The SMILES string of the molecule is C=C(C)CC(NC(=O)C(NC(=O)C(C=S)NC(=O)C(C)N)C(C)C)C(=O)NC(CC(C)C)C(=O)S. The Balaban J connectivity index is 5.60. The second-order valence-electron chi connectivity index (χ2n) is 9.39. The average molecular weight is 530 g/mol. The highest BCUT2D eigenvalue weighted by Crippen LogP contribution is 2.11. The molecule has 198 valence electrons. The molecule has 0 heterocycles. The van der Waals surface area contributed by atoms with E-state index in [1.807, 2.05) is 13.8 Å². The van der Waals surface area contributed by atoms with Gasteiger partial charge in [-0.05, 0) is 38.5 Å². The van der Waals surface area contributed by atoms with Gasteiger partial charge < -0.3 is 27.0 Å². The average Bonchev–Trinajstić information content (AvgIpc) is 2.72. The second-order valence-corrected chi connectivity index (χ2v) is 10.1. The standard InChI is InChI=1S/C23H39N5O5S2/c1-11(2)8-15(20(30)26-16(23(33)35)9-12(3)4)25-22(32)18(13(5)6)28-21(31)17(10-34)27-19(29)14(7)24/h10,12-18H,1,8-9,24H2,2-7H3,(H,25,32)(H,26,30)(H,27,29)(H,28,31)(H,33,35). The van der Waals surface area contributed by atoms with Gasteiger partial charge in [-0.25, -0.2) is 0 Å². The lowest BCUT2D eigenvalue weighted by molar-refractivity contribution is -0.134. The number of thiocarbonyl (C=S) groups is 1. The van der Waals surface area contributed by atoms with Gasteiger partial charge in [-0.2, -0.15) is 0 Å². The normalized spacial score (nSPS) is 15.3. The van der Waals surface area contributed by atoms with Gasteiger partial charge in [0.15, 0.2) is 0 Å². The largest absolute Gasteiger partial charge is 0.344 e. The van der Waals surface area contributed by atoms with Crippen LogP contribution in [0.4, 0.5) is 0 Å². The minimum Gasteiger partial charge on any atom is -0.344 e. The van der Waals surface area contributed by atoms with Crippen molar-refractivity contribution in [1.82, 2.24) is 21.3 Å². The van der Waals surface area contributed by atoms with E-state index in [2.05, 4.69) is 40.5 Å². The molecule has 0 aromatic carbocycles. The fourth-order valence-electron chi connectivity index (χ4n) is 3.01. The van der Waals surface area contributed by atoms with Gasteiger partial charge in [0.25, 0.3) is 0 Å². The lowest BCUT2D eigenvalue weighted by atomic mass is 10.0. The predicted molar refractivity (Wildman–Crippen MR) is 143 cm³/mol. The van der Waals surface area contributed by atoms with E-state index in [0.717, 1.165) is 5.37 Å². The quantitative estimate of drug-likeness (QED) is 0.102. The molecule has 0 rings (SSSR count). The Morgan fingerprint density at radius 3 is 1.83 bits per heavy atom. The van der Waals surface area contributed by atoms with E-state index in [-0.39, 0.29) is 18.3 Å². The fourth-order valence-corrected chi connectivity index (χ4v) is 3.37. The first kappa shape index (κ1) is 32.7. The van der Waals surface area contributed by atoms with E-state index in [4.69, 9.17) is 18.0 Å². The highest BCUT2D eigenvalue weighted by atomic mass is 32.1. The number of hydrogen-bond donors (Lipinski definition) is 6. The Morgan fingerprint density at radius 1 is 0.886 bits per heavy atom. The van der Waals surface area contributed by atoms with Crippen LogP contribution in [0, 0.1) is 11.8 Å². The predicted octanol–water partition coefficient (Wildman–Crippen LogP) is 0.397. The number of nitrogens with one attached hydrogen (secondary N) is 4. The van der Waals surface area contributed by atoms with Crippen molar-refractivity contribution in [3.8, 4) is 0 Å². The van der Waals surface area contributed by atoms with Crippen LogP contribution in [0.5, 0.6) is 0 Å². The van der Waals surface area contributed by atoms with E-state index in [1.165, 1.54) is 6.92 Å². The number of hydrogen-bond acceptors (Lipinski definition) is 7. The van der Waals surface area contributed by atoms with Crippen molar-refractivity contribution in [2.45, 2.75) is 84.6 Å². The summed E-state index contributed by atoms with van der Waals surface area (Å²) in [6.07, 6.45) is 0.511. The highest BCUT2D eigenvalue weighted by Gasteiger charge is 2.32. The maximum atomic E-state index is 13.1. The van der Waals surface area contributed by atoms with Gasteiger partial charge in [-0.3, -0.25) is 24.0 Å². The third-order valence-electron chi connectivity index (χ3n) is 4.88. The molecule has 0 aromatic heterocycles. The molecule has 0 radical (unpaired) electrons. The van der Waals surface area contributed by atoms with Gasteiger partial charge >= 0.3 is 0 Å². The minimum atomic E-state index is -1.18. The van der Waals surface area contributed by atoms with E-state index < -0.39 is 59.0 Å². The summed E-state index contributed by atoms with van der Waals surface area (Å²) in [5.74, 6) is -2.69. The van der Waals surface area contributed by atoms with Crippen LogP contribution in [0.25, 0.3) is 0 Å². The van der Waals surface area contributed by atoms with Gasteiger partial charge in [0, 0.05) is 5.37 Å². The van der Waals surface area contributed by atoms with E-state index in [0.29, 0.717) is 12.0 Å². The molecule has 0 saturated carbocycles.